The number of benzene rings is 2. The summed E-state index contributed by atoms with van der Waals surface area (Å²) in [6.07, 6.45) is 4.48. The van der Waals surface area contributed by atoms with Gasteiger partial charge >= 0.3 is 6.03 Å². The zero-order chi connectivity index (χ0) is 21.9. The number of nitrogens with zero attached hydrogens (tertiary/aromatic N) is 3. The molecule has 1 aromatic heterocycles. The van der Waals surface area contributed by atoms with Crippen molar-refractivity contribution in [1.29, 1.82) is 0 Å². The van der Waals surface area contributed by atoms with Crippen LogP contribution in [0, 0.1) is 5.92 Å². The van der Waals surface area contributed by atoms with E-state index in [1.807, 2.05) is 53.4 Å². The zero-order valence-corrected chi connectivity index (χ0v) is 18.4. The van der Waals surface area contributed by atoms with Crippen LogP contribution < -0.4 is 10.1 Å². The average molecular weight is 449 g/mol. The quantitative estimate of drug-likeness (QED) is 0.578. The highest BCUT2D eigenvalue weighted by Crippen LogP contribution is 2.33. The van der Waals surface area contributed by atoms with Gasteiger partial charge in [-0.25, -0.2) is 4.79 Å². The normalized spacial score (nSPS) is 20.2. The molecular formula is C25H25ClN4O2. The fraction of sp³-hybridized carbons (Fsp3) is 0.280. The van der Waals surface area contributed by atoms with Gasteiger partial charge in [0.15, 0.2) is 0 Å². The predicted octanol–water partition coefficient (Wildman–Crippen LogP) is 5.27. The number of fused-ring (bicyclic) bond motifs is 1. The first-order chi connectivity index (χ1) is 15.6. The second-order valence-electron chi connectivity index (χ2n) is 8.37. The second-order valence-corrected chi connectivity index (χ2v) is 8.80. The number of likely N-dealkylation sites (tertiary alicyclic amines) is 2. The number of amides is 2. The number of anilines is 1. The second kappa shape index (κ2) is 9.18. The molecule has 0 radical (unpaired) electrons. The molecule has 2 aliphatic rings. The Morgan fingerprint density at radius 3 is 2.78 bits per heavy atom. The minimum Gasteiger partial charge on any atom is -0.457 e. The van der Waals surface area contributed by atoms with Gasteiger partial charge in [0.05, 0.1) is 11.9 Å². The number of hydrogen-bond donors (Lipinski definition) is 1. The number of hydrogen-bond acceptors (Lipinski definition) is 4. The summed E-state index contributed by atoms with van der Waals surface area (Å²) in [5.74, 6) is 2.09. The molecule has 0 spiro atoms. The molecule has 2 fully saturated rings. The lowest BCUT2D eigenvalue weighted by atomic mass is 10.0. The number of urea groups is 1. The maximum atomic E-state index is 12.7. The van der Waals surface area contributed by atoms with Crippen LogP contribution in [0.3, 0.4) is 0 Å². The number of carbonyl (C=O) groups excluding carboxylic acids is 1. The van der Waals surface area contributed by atoms with Gasteiger partial charge in [0, 0.05) is 36.9 Å². The van der Waals surface area contributed by atoms with Gasteiger partial charge in [-0.05, 0) is 73.0 Å². The summed E-state index contributed by atoms with van der Waals surface area (Å²) in [4.78, 5) is 21.2. The molecule has 3 heterocycles. The SMILES string of the molecule is O=C(Nc1cccnc1)N1C[C@@H]2CCN(Cc3cccc(Oc4ccc(Cl)cc4)c3)[C@@H]2C1. The van der Waals surface area contributed by atoms with Gasteiger partial charge in [-0.3, -0.25) is 9.88 Å². The van der Waals surface area contributed by atoms with Crippen molar-refractivity contribution in [2.45, 2.75) is 19.0 Å². The van der Waals surface area contributed by atoms with Crippen LogP contribution in [-0.4, -0.2) is 46.5 Å². The summed E-state index contributed by atoms with van der Waals surface area (Å²) in [5.41, 5.74) is 1.93. The molecule has 2 aliphatic heterocycles. The Hall–Kier alpha value is -3.09. The van der Waals surface area contributed by atoms with Crippen LogP contribution in [0.25, 0.3) is 0 Å². The molecule has 164 valence electrons. The van der Waals surface area contributed by atoms with Crippen LogP contribution in [-0.2, 0) is 6.54 Å². The predicted molar refractivity (Wildman–Crippen MR) is 125 cm³/mol. The third-order valence-corrected chi connectivity index (χ3v) is 6.45. The summed E-state index contributed by atoms with van der Waals surface area (Å²) < 4.78 is 5.99. The van der Waals surface area contributed by atoms with E-state index in [0.717, 1.165) is 49.8 Å². The summed E-state index contributed by atoms with van der Waals surface area (Å²) in [5, 5.41) is 3.64. The molecular weight excluding hydrogens is 424 g/mol. The van der Waals surface area contributed by atoms with E-state index in [9.17, 15) is 4.79 Å². The minimum atomic E-state index is -0.0503. The van der Waals surface area contributed by atoms with Crippen LogP contribution in [0.4, 0.5) is 10.5 Å². The summed E-state index contributed by atoms with van der Waals surface area (Å²) in [6, 6.07) is 19.6. The maximum Gasteiger partial charge on any atom is 0.321 e. The lowest BCUT2D eigenvalue weighted by Gasteiger charge is -2.25. The maximum absolute atomic E-state index is 12.7. The first kappa shape index (κ1) is 20.8. The fourth-order valence-corrected chi connectivity index (χ4v) is 4.76. The Bertz CT molecular complexity index is 1080. The molecule has 2 amide bonds. The van der Waals surface area contributed by atoms with Crippen molar-refractivity contribution in [2.75, 3.05) is 25.0 Å². The van der Waals surface area contributed by atoms with Crippen molar-refractivity contribution in [3.63, 3.8) is 0 Å². The molecule has 2 aromatic carbocycles. The number of rotatable bonds is 5. The van der Waals surface area contributed by atoms with Crippen molar-refractivity contribution in [3.8, 4) is 11.5 Å². The molecule has 0 bridgehead atoms. The van der Waals surface area contributed by atoms with Gasteiger partial charge in [0.2, 0.25) is 0 Å². The van der Waals surface area contributed by atoms with Crippen molar-refractivity contribution < 1.29 is 9.53 Å². The smallest absolute Gasteiger partial charge is 0.321 e. The third-order valence-electron chi connectivity index (χ3n) is 6.20. The first-order valence-corrected chi connectivity index (χ1v) is 11.2. The Morgan fingerprint density at radius 1 is 1.09 bits per heavy atom. The van der Waals surface area contributed by atoms with Crippen LogP contribution in [0.15, 0.2) is 73.1 Å². The van der Waals surface area contributed by atoms with E-state index in [4.69, 9.17) is 16.3 Å². The topological polar surface area (TPSA) is 57.7 Å². The molecule has 1 N–H and O–H groups in total. The number of aromatic nitrogens is 1. The van der Waals surface area contributed by atoms with E-state index in [1.54, 1.807) is 12.4 Å². The van der Waals surface area contributed by atoms with Crippen molar-refractivity contribution in [1.82, 2.24) is 14.8 Å². The largest absolute Gasteiger partial charge is 0.457 e. The molecule has 0 aliphatic carbocycles. The molecule has 32 heavy (non-hydrogen) atoms. The Morgan fingerprint density at radius 2 is 1.97 bits per heavy atom. The van der Waals surface area contributed by atoms with E-state index < -0.39 is 0 Å². The first-order valence-electron chi connectivity index (χ1n) is 10.9. The highest BCUT2D eigenvalue weighted by Gasteiger charge is 2.42. The van der Waals surface area contributed by atoms with Crippen molar-refractivity contribution in [2.24, 2.45) is 5.92 Å². The number of ether oxygens (including phenoxy) is 1. The number of pyridine rings is 1. The van der Waals surface area contributed by atoms with Gasteiger partial charge in [-0.15, -0.1) is 0 Å². The molecule has 5 rings (SSSR count). The lowest BCUT2D eigenvalue weighted by Crippen LogP contribution is -2.38. The van der Waals surface area contributed by atoms with Crippen LogP contribution >= 0.6 is 11.6 Å². The number of carbonyl (C=O) groups is 1. The van der Waals surface area contributed by atoms with Gasteiger partial charge in [-0.1, -0.05) is 23.7 Å². The Labute approximate surface area is 192 Å². The van der Waals surface area contributed by atoms with E-state index >= 15 is 0 Å². The highest BCUT2D eigenvalue weighted by molar-refractivity contribution is 6.30. The Kier molecular flexibility index (Phi) is 5.97. The van der Waals surface area contributed by atoms with Crippen molar-refractivity contribution >= 4 is 23.3 Å². The van der Waals surface area contributed by atoms with Crippen molar-refractivity contribution in [3.05, 3.63) is 83.6 Å². The molecule has 7 heteroatoms. The highest BCUT2D eigenvalue weighted by atomic mass is 35.5. The van der Waals surface area contributed by atoms with Gasteiger partial charge < -0.3 is 15.0 Å². The van der Waals surface area contributed by atoms with Crippen LogP contribution in [0.5, 0.6) is 11.5 Å². The molecule has 2 atom stereocenters. The summed E-state index contributed by atoms with van der Waals surface area (Å²) in [7, 11) is 0. The Balaban J connectivity index is 1.20. The van der Waals surface area contributed by atoms with E-state index in [-0.39, 0.29) is 6.03 Å². The van der Waals surface area contributed by atoms with E-state index in [1.165, 1.54) is 5.56 Å². The number of halogens is 1. The standard InChI is InChI=1S/C25H25ClN4O2/c26-20-6-8-22(9-7-20)32-23-5-1-3-18(13-23)15-29-12-10-19-16-30(17-24(19)29)25(31)28-21-4-2-11-27-14-21/h1-9,11,13-14,19,24H,10,12,15-17H2,(H,28,31)/t19-,24+/m0/s1. The van der Waals surface area contributed by atoms with Gasteiger partial charge in [0.25, 0.3) is 0 Å². The van der Waals surface area contributed by atoms with E-state index in [0.29, 0.717) is 17.0 Å². The molecule has 2 saturated heterocycles. The van der Waals surface area contributed by atoms with Gasteiger partial charge in [-0.2, -0.15) is 0 Å². The lowest BCUT2D eigenvalue weighted by molar-refractivity contribution is 0.204. The molecule has 3 aromatic rings. The fourth-order valence-electron chi connectivity index (χ4n) is 4.63. The average Bonchev–Trinajstić information content (AvgIpc) is 3.39. The summed E-state index contributed by atoms with van der Waals surface area (Å²) >= 11 is 5.96. The zero-order valence-electron chi connectivity index (χ0n) is 17.7. The molecule has 0 unspecified atom stereocenters. The molecule has 0 saturated carbocycles. The number of nitrogens with one attached hydrogen (secondary N) is 1. The van der Waals surface area contributed by atoms with Crippen LogP contribution in [0.2, 0.25) is 5.02 Å². The third kappa shape index (κ3) is 4.71. The molecule has 6 nitrogen and oxygen atoms in total. The monoisotopic (exact) mass is 448 g/mol. The summed E-state index contributed by atoms with van der Waals surface area (Å²) in [6.45, 7) is 3.44. The van der Waals surface area contributed by atoms with Crippen LogP contribution in [0.1, 0.15) is 12.0 Å². The van der Waals surface area contributed by atoms with Gasteiger partial charge in [0.1, 0.15) is 11.5 Å². The minimum absolute atomic E-state index is 0.0503. The van der Waals surface area contributed by atoms with E-state index in [2.05, 4.69) is 27.3 Å².